The number of fused-ring (bicyclic) bond motifs is 1. The first-order valence-electron chi connectivity index (χ1n) is 7.41. The summed E-state index contributed by atoms with van der Waals surface area (Å²) >= 11 is 0. The molecule has 2 heterocycles. The van der Waals surface area contributed by atoms with Gasteiger partial charge in [0.15, 0.2) is 0 Å². The van der Waals surface area contributed by atoms with Crippen LogP contribution in [0, 0.1) is 0 Å². The molecule has 0 spiro atoms. The number of para-hydroxylation sites is 1. The second-order valence-electron chi connectivity index (χ2n) is 6.00. The van der Waals surface area contributed by atoms with Gasteiger partial charge in [0.25, 0.3) is 0 Å². The van der Waals surface area contributed by atoms with E-state index in [1.807, 2.05) is 30.0 Å². The predicted molar refractivity (Wildman–Crippen MR) is 78.8 cm³/mol. The van der Waals surface area contributed by atoms with Crippen LogP contribution in [0.5, 0.6) is 0 Å². The molecule has 0 radical (unpaired) electrons. The summed E-state index contributed by atoms with van der Waals surface area (Å²) in [6, 6.07) is 8.20. The van der Waals surface area contributed by atoms with Crippen LogP contribution in [0.1, 0.15) is 25.8 Å². The van der Waals surface area contributed by atoms with Crippen LogP contribution in [0.2, 0.25) is 0 Å². The van der Waals surface area contributed by atoms with E-state index in [4.69, 9.17) is 0 Å². The highest BCUT2D eigenvalue weighted by Gasteiger charge is 2.36. The molecule has 1 saturated heterocycles. The number of anilines is 1. The van der Waals surface area contributed by atoms with Crippen molar-refractivity contribution in [2.75, 3.05) is 18.0 Å². The van der Waals surface area contributed by atoms with Crippen molar-refractivity contribution in [1.82, 2.24) is 4.90 Å². The summed E-state index contributed by atoms with van der Waals surface area (Å²) in [4.78, 5) is 16.8. The van der Waals surface area contributed by atoms with Gasteiger partial charge < -0.3 is 10.0 Å². The molecular weight excluding hydrogens is 252 g/mol. The van der Waals surface area contributed by atoms with Crippen molar-refractivity contribution in [3.8, 4) is 0 Å². The first-order valence-corrected chi connectivity index (χ1v) is 7.41. The van der Waals surface area contributed by atoms with Crippen molar-refractivity contribution in [2.45, 2.75) is 44.9 Å². The fraction of sp³-hybridized carbons (Fsp3) is 0.562. The molecule has 4 heteroatoms. The van der Waals surface area contributed by atoms with Crippen LogP contribution in [0.4, 0.5) is 5.69 Å². The zero-order chi connectivity index (χ0) is 14.3. The number of carbonyl (C=O) groups is 1. The minimum atomic E-state index is -0.284. The van der Waals surface area contributed by atoms with Crippen LogP contribution in [-0.4, -0.2) is 47.2 Å². The standard InChI is InChI=1S/C16H22N2O2/c1-11-9-13-5-3-4-6-15(13)18(11)16(20)12(2)17-8-7-14(19)10-17/h3-6,11-12,14,19H,7-10H2,1-2H3. The molecule has 0 bridgehead atoms. The lowest BCUT2D eigenvalue weighted by Crippen LogP contribution is -2.48. The number of hydrogen-bond donors (Lipinski definition) is 1. The van der Waals surface area contributed by atoms with Gasteiger partial charge in [-0.1, -0.05) is 18.2 Å². The van der Waals surface area contributed by atoms with E-state index in [1.54, 1.807) is 0 Å². The topological polar surface area (TPSA) is 43.8 Å². The third-order valence-electron chi connectivity index (χ3n) is 4.54. The number of hydrogen-bond acceptors (Lipinski definition) is 3. The SMILES string of the molecule is CC(C(=O)N1c2ccccc2CC1C)N1CCC(O)C1. The number of amides is 1. The molecule has 2 aliphatic heterocycles. The van der Waals surface area contributed by atoms with E-state index < -0.39 is 0 Å². The molecular formula is C16H22N2O2. The Morgan fingerprint density at radius 1 is 1.40 bits per heavy atom. The number of aliphatic hydroxyl groups excluding tert-OH is 1. The van der Waals surface area contributed by atoms with E-state index >= 15 is 0 Å². The normalized spacial score (nSPS) is 27.6. The van der Waals surface area contributed by atoms with E-state index in [1.165, 1.54) is 5.56 Å². The van der Waals surface area contributed by atoms with E-state index in [2.05, 4.69) is 17.9 Å². The predicted octanol–water partition coefficient (Wildman–Crippen LogP) is 1.42. The molecule has 3 rings (SSSR count). The van der Waals surface area contributed by atoms with Crippen LogP contribution in [0.3, 0.4) is 0 Å². The Hall–Kier alpha value is -1.39. The minimum absolute atomic E-state index is 0.150. The molecule has 108 valence electrons. The largest absolute Gasteiger partial charge is 0.392 e. The van der Waals surface area contributed by atoms with Crippen LogP contribution in [0.15, 0.2) is 24.3 Å². The van der Waals surface area contributed by atoms with Gasteiger partial charge in [0.2, 0.25) is 5.91 Å². The number of nitrogens with zero attached hydrogens (tertiary/aromatic N) is 2. The number of likely N-dealkylation sites (tertiary alicyclic amines) is 1. The average molecular weight is 274 g/mol. The van der Waals surface area contributed by atoms with Crippen molar-refractivity contribution < 1.29 is 9.90 Å². The Morgan fingerprint density at radius 2 is 2.15 bits per heavy atom. The van der Waals surface area contributed by atoms with Crippen LogP contribution >= 0.6 is 0 Å². The molecule has 1 amide bonds. The number of carbonyl (C=O) groups excluding carboxylic acids is 1. The molecule has 1 N–H and O–H groups in total. The maximum atomic E-state index is 12.8. The Morgan fingerprint density at radius 3 is 2.85 bits per heavy atom. The summed E-state index contributed by atoms with van der Waals surface area (Å²) in [5.74, 6) is 0.150. The molecule has 1 aromatic rings. The first kappa shape index (κ1) is 13.6. The highest BCUT2D eigenvalue weighted by Crippen LogP contribution is 2.33. The summed E-state index contributed by atoms with van der Waals surface area (Å²) in [5, 5.41) is 9.64. The molecule has 20 heavy (non-hydrogen) atoms. The molecule has 1 fully saturated rings. The second kappa shape index (κ2) is 5.19. The summed E-state index contributed by atoms with van der Waals surface area (Å²) in [6.45, 7) is 5.46. The molecule has 3 unspecified atom stereocenters. The van der Waals surface area contributed by atoms with Gasteiger partial charge in [-0.25, -0.2) is 0 Å². The van der Waals surface area contributed by atoms with Gasteiger partial charge in [0.05, 0.1) is 12.1 Å². The smallest absolute Gasteiger partial charge is 0.244 e. The van der Waals surface area contributed by atoms with Gasteiger partial charge in [-0.3, -0.25) is 9.69 Å². The maximum absolute atomic E-state index is 12.8. The molecule has 0 aliphatic carbocycles. The van der Waals surface area contributed by atoms with Crippen LogP contribution in [-0.2, 0) is 11.2 Å². The number of β-amino-alcohol motifs (C(OH)–C–C–N with tert-alkyl or cyclic N) is 1. The van der Waals surface area contributed by atoms with Crippen molar-refractivity contribution in [2.24, 2.45) is 0 Å². The lowest BCUT2D eigenvalue weighted by molar-refractivity contribution is -0.123. The molecule has 3 atom stereocenters. The van der Waals surface area contributed by atoms with Crippen molar-refractivity contribution in [3.63, 3.8) is 0 Å². The number of benzene rings is 1. The zero-order valence-corrected chi connectivity index (χ0v) is 12.1. The summed E-state index contributed by atoms with van der Waals surface area (Å²) in [5.41, 5.74) is 2.30. The highest BCUT2D eigenvalue weighted by molar-refractivity contribution is 5.99. The minimum Gasteiger partial charge on any atom is -0.392 e. The fourth-order valence-electron chi connectivity index (χ4n) is 3.38. The van der Waals surface area contributed by atoms with Crippen molar-refractivity contribution >= 4 is 11.6 Å². The molecule has 1 aromatic carbocycles. The zero-order valence-electron chi connectivity index (χ0n) is 12.1. The lowest BCUT2D eigenvalue weighted by atomic mass is 10.1. The molecule has 0 aromatic heterocycles. The highest BCUT2D eigenvalue weighted by atomic mass is 16.3. The van der Waals surface area contributed by atoms with Gasteiger partial charge in [-0.2, -0.15) is 0 Å². The van der Waals surface area contributed by atoms with Crippen molar-refractivity contribution in [3.05, 3.63) is 29.8 Å². The Bertz CT molecular complexity index is 517. The summed E-state index contributed by atoms with van der Waals surface area (Å²) in [7, 11) is 0. The van der Waals surface area contributed by atoms with Gasteiger partial charge in [0.1, 0.15) is 0 Å². The maximum Gasteiger partial charge on any atom is 0.244 e. The van der Waals surface area contributed by atoms with E-state index in [-0.39, 0.29) is 24.1 Å². The third-order valence-corrected chi connectivity index (χ3v) is 4.54. The fourth-order valence-corrected chi connectivity index (χ4v) is 3.38. The van der Waals surface area contributed by atoms with Gasteiger partial charge in [-0.15, -0.1) is 0 Å². The van der Waals surface area contributed by atoms with E-state index in [9.17, 15) is 9.90 Å². The van der Waals surface area contributed by atoms with E-state index in [0.29, 0.717) is 6.54 Å². The lowest BCUT2D eigenvalue weighted by Gasteiger charge is -2.30. The second-order valence-corrected chi connectivity index (χ2v) is 6.00. The molecule has 4 nitrogen and oxygen atoms in total. The Balaban J connectivity index is 1.80. The molecule has 2 aliphatic rings. The monoisotopic (exact) mass is 274 g/mol. The van der Waals surface area contributed by atoms with Crippen LogP contribution in [0.25, 0.3) is 0 Å². The van der Waals surface area contributed by atoms with Crippen molar-refractivity contribution in [1.29, 1.82) is 0 Å². The quantitative estimate of drug-likeness (QED) is 0.887. The van der Waals surface area contributed by atoms with E-state index in [0.717, 1.165) is 25.1 Å². The van der Waals surface area contributed by atoms with Gasteiger partial charge >= 0.3 is 0 Å². The number of rotatable bonds is 2. The molecule has 0 saturated carbocycles. The average Bonchev–Trinajstić information content (AvgIpc) is 2.99. The first-order chi connectivity index (χ1) is 9.58. The Labute approximate surface area is 120 Å². The van der Waals surface area contributed by atoms with Gasteiger partial charge in [0, 0.05) is 24.8 Å². The summed E-state index contributed by atoms with van der Waals surface area (Å²) in [6.07, 6.45) is 1.41. The summed E-state index contributed by atoms with van der Waals surface area (Å²) < 4.78 is 0. The number of aliphatic hydroxyl groups is 1. The third kappa shape index (κ3) is 2.23. The van der Waals surface area contributed by atoms with Crippen LogP contribution < -0.4 is 4.90 Å². The van der Waals surface area contributed by atoms with Gasteiger partial charge in [-0.05, 0) is 38.3 Å². The Kier molecular flexibility index (Phi) is 3.52.